The zero-order chi connectivity index (χ0) is 15.1. The van der Waals surface area contributed by atoms with Crippen molar-refractivity contribution in [1.82, 2.24) is 4.90 Å². The summed E-state index contributed by atoms with van der Waals surface area (Å²) < 4.78 is 0.685. The topological polar surface area (TPSA) is 57.6 Å². The highest BCUT2D eigenvalue weighted by Gasteiger charge is 2.18. The van der Waals surface area contributed by atoms with Crippen molar-refractivity contribution >= 4 is 34.8 Å². The molecule has 0 saturated heterocycles. The van der Waals surface area contributed by atoms with Gasteiger partial charge < -0.3 is 10.0 Å². The van der Waals surface area contributed by atoms with Crippen molar-refractivity contribution in [2.45, 2.75) is 26.3 Å². The number of thiophene rings is 1. The van der Waals surface area contributed by atoms with Crippen LogP contribution >= 0.6 is 22.9 Å². The number of hydrogen-bond acceptors (Lipinski definition) is 3. The molecule has 1 atom stereocenters. The van der Waals surface area contributed by atoms with Gasteiger partial charge in [-0.3, -0.25) is 9.59 Å². The quantitative estimate of drug-likeness (QED) is 0.748. The van der Waals surface area contributed by atoms with Crippen LogP contribution in [0.2, 0.25) is 4.34 Å². The Morgan fingerprint density at radius 2 is 2.20 bits per heavy atom. The number of nitrogens with zero attached hydrogens (tertiary/aromatic N) is 1. The molecule has 1 amide bonds. The molecule has 1 unspecified atom stereocenters. The van der Waals surface area contributed by atoms with Crippen molar-refractivity contribution < 1.29 is 14.7 Å². The Labute approximate surface area is 127 Å². The number of carbonyl (C=O) groups excluding carboxylic acids is 1. The Balaban J connectivity index is 2.62. The van der Waals surface area contributed by atoms with E-state index in [1.165, 1.54) is 11.3 Å². The lowest BCUT2D eigenvalue weighted by Crippen LogP contribution is -2.31. The van der Waals surface area contributed by atoms with Gasteiger partial charge >= 0.3 is 5.97 Å². The molecule has 0 aliphatic heterocycles. The summed E-state index contributed by atoms with van der Waals surface area (Å²) >= 11 is 7.30. The van der Waals surface area contributed by atoms with E-state index in [-0.39, 0.29) is 24.7 Å². The largest absolute Gasteiger partial charge is 0.481 e. The van der Waals surface area contributed by atoms with Crippen LogP contribution in [0.3, 0.4) is 0 Å². The van der Waals surface area contributed by atoms with E-state index in [9.17, 15) is 9.59 Å². The molecule has 0 saturated carbocycles. The highest BCUT2D eigenvalue weighted by atomic mass is 35.5. The average molecular weight is 316 g/mol. The van der Waals surface area contributed by atoms with Crippen molar-refractivity contribution in [2.75, 3.05) is 6.54 Å². The van der Waals surface area contributed by atoms with E-state index in [0.717, 1.165) is 4.88 Å². The minimum Gasteiger partial charge on any atom is -0.481 e. The van der Waals surface area contributed by atoms with E-state index < -0.39 is 5.97 Å². The molecule has 1 heterocycles. The molecule has 20 heavy (non-hydrogen) atoms. The van der Waals surface area contributed by atoms with Crippen molar-refractivity contribution in [3.63, 3.8) is 0 Å². The summed E-state index contributed by atoms with van der Waals surface area (Å²) in [5.41, 5.74) is 0. The van der Waals surface area contributed by atoms with Crippen LogP contribution in [0.15, 0.2) is 24.8 Å². The zero-order valence-corrected chi connectivity index (χ0v) is 12.9. The zero-order valence-electron chi connectivity index (χ0n) is 11.3. The van der Waals surface area contributed by atoms with Gasteiger partial charge in [-0.05, 0) is 18.1 Å². The minimum atomic E-state index is -0.884. The summed E-state index contributed by atoms with van der Waals surface area (Å²) in [5.74, 6) is -1.13. The molecule has 0 aromatic carbocycles. The Hall–Kier alpha value is -1.33. The highest BCUT2D eigenvalue weighted by Crippen LogP contribution is 2.23. The number of carboxylic acid groups (broad SMARTS) is 1. The molecule has 1 N–H and O–H groups in total. The molecule has 0 aliphatic carbocycles. The van der Waals surface area contributed by atoms with Gasteiger partial charge in [0.1, 0.15) is 0 Å². The standard InChI is InChI=1S/C14H18ClNO3S/c1-3-6-16(9-11-4-5-12(15)20-11)13(17)7-10(2)8-14(18)19/h3-5,10H,1,6-9H2,2H3,(H,18,19). The Morgan fingerprint density at radius 3 is 2.70 bits per heavy atom. The fraction of sp³-hybridized carbons (Fsp3) is 0.429. The molecule has 0 spiro atoms. The van der Waals surface area contributed by atoms with Gasteiger partial charge in [0.05, 0.1) is 10.9 Å². The summed E-state index contributed by atoms with van der Waals surface area (Å²) in [4.78, 5) is 25.5. The van der Waals surface area contributed by atoms with Crippen LogP contribution in [0.5, 0.6) is 0 Å². The first kappa shape index (κ1) is 16.7. The molecule has 0 bridgehead atoms. The lowest BCUT2D eigenvalue weighted by Gasteiger charge is -2.22. The Morgan fingerprint density at radius 1 is 1.50 bits per heavy atom. The second-order valence-electron chi connectivity index (χ2n) is 4.68. The maximum absolute atomic E-state index is 12.2. The fourth-order valence-corrected chi connectivity index (χ4v) is 2.94. The SMILES string of the molecule is C=CCN(Cc1ccc(Cl)s1)C(=O)CC(C)CC(=O)O. The monoisotopic (exact) mass is 315 g/mol. The molecule has 4 nitrogen and oxygen atoms in total. The second-order valence-corrected chi connectivity index (χ2v) is 6.48. The predicted molar refractivity (Wildman–Crippen MR) is 81.0 cm³/mol. The second kappa shape index (κ2) is 8.07. The maximum Gasteiger partial charge on any atom is 0.303 e. The third-order valence-corrected chi connectivity index (χ3v) is 3.94. The Bertz CT molecular complexity index is 487. The first-order chi connectivity index (χ1) is 9.42. The number of halogens is 1. The van der Waals surface area contributed by atoms with E-state index >= 15 is 0 Å². The summed E-state index contributed by atoms with van der Waals surface area (Å²) in [5, 5.41) is 8.72. The third-order valence-electron chi connectivity index (χ3n) is 2.72. The number of rotatable bonds is 8. The summed E-state index contributed by atoms with van der Waals surface area (Å²) in [6.07, 6.45) is 1.88. The molecular formula is C14H18ClNO3S. The van der Waals surface area contributed by atoms with Gasteiger partial charge in [0.15, 0.2) is 0 Å². The van der Waals surface area contributed by atoms with Gasteiger partial charge in [-0.1, -0.05) is 24.6 Å². The van der Waals surface area contributed by atoms with Crippen LogP contribution in [-0.4, -0.2) is 28.4 Å². The minimum absolute atomic E-state index is 0.00149. The lowest BCUT2D eigenvalue weighted by molar-refractivity contribution is -0.138. The molecule has 1 aromatic rings. The molecule has 0 radical (unpaired) electrons. The van der Waals surface area contributed by atoms with E-state index in [1.807, 2.05) is 6.07 Å². The van der Waals surface area contributed by atoms with Gasteiger partial charge in [-0.15, -0.1) is 17.9 Å². The summed E-state index contributed by atoms with van der Waals surface area (Å²) in [6, 6.07) is 3.68. The molecule has 0 fully saturated rings. The van der Waals surface area contributed by atoms with E-state index in [1.54, 1.807) is 24.0 Å². The first-order valence-electron chi connectivity index (χ1n) is 6.27. The number of carboxylic acids is 1. The molecular weight excluding hydrogens is 298 g/mol. The number of amides is 1. The smallest absolute Gasteiger partial charge is 0.303 e. The van der Waals surface area contributed by atoms with Crippen LogP contribution in [0, 0.1) is 5.92 Å². The summed E-state index contributed by atoms with van der Waals surface area (Å²) in [6.45, 7) is 6.32. The lowest BCUT2D eigenvalue weighted by atomic mass is 10.0. The van der Waals surface area contributed by atoms with Gasteiger partial charge in [0, 0.05) is 24.3 Å². The van der Waals surface area contributed by atoms with Crippen molar-refractivity contribution in [2.24, 2.45) is 5.92 Å². The molecule has 0 aliphatic rings. The molecule has 1 rings (SSSR count). The van der Waals surface area contributed by atoms with Crippen molar-refractivity contribution in [3.05, 3.63) is 34.0 Å². The van der Waals surface area contributed by atoms with Crippen molar-refractivity contribution in [3.8, 4) is 0 Å². The van der Waals surface area contributed by atoms with Crippen LogP contribution in [0.25, 0.3) is 0 Å². The highest BCUT2D eigenvalue weighted by molar-refractivity contribution is 7.16. The first-order valence-corrected chi connectivity index (χ1v) is 7.46. The van der Waals surface area contributed by atoms with Gasteiger partial charge in [0.2, 0.25) is 5.91 Å². The van der Waals surface area contributed by atoms with Crippen LogP contribution < -0.4 is 0 Å². The normalized spacial score (nSPS) is 11.9. The predicted octanol–water partition coefficient (Wildman–Crippen LogP) is 3.42. The van der Waals surface area contributed by atoms with Crippen LogP contribution in [0.1, 0.15) is 24.6 Å². The number of carbonyl (C=O) groups is 2. The molecule has 6 heteroatoms. The van der Waals surface area contributed by atoms with Crippen LogP contribution in [-0.2, 0) is 16.1 Å². The van der Waals surface area contributed by atoms with Crippen LogP contribution in [0.4, 0.5) is 0 Å². The van der Waals surface area contributed by atoms with E-state index in [2.05, 4.69) is 6.58 Å². The summed E-state index contributed by atoms with van der Waals surface area (Å²) in [7, 11) is 0. The third kappa shape index (κ3) is 5.75. The fourth-order valence-electron chi connectivity index (χ4n) is 1.83. The number of hydrogen-bond donors (Lipinski definition) is 1. The van der Waals surface area contributed by atoms with Crippen molar-refractivity contribution in [1.29, 1.82) is 0 Å². The van der Waals surface area contributed by atoms with Gasteiger partial charge in [0.25, 0.3) is 0 Å². The van der Waals surface area contributed by atoms with E-state index in [4.69, 9.17) is 16.7 Å². The number of aliphatic carboxylic acids is 1. The molecule has 1 aromatic heterocycles. The Kier molecular flexibility index (Phi) is 6.75. The molecule has 110 valence electrons. The van der Waals surface area contributed by atoms with Gasteiger partial charge in [-0.25, -0.2) is 0 Å². The van der Waals surface area contributed by atoms with E-state index in [0.29, 0.717) is 17.4 Å². The maximum atomic E-state index is 12.2. The average Bonchev–Trinajstić information content (AvgIpc) is 2.73. The van der Waals surface area contributed by atoms with Gasteiger partial charge in [-0.2, -0.15) is 0 Å².